The molecule has 0 aliphatic heterocycles. The van der Waals surface area contributed by atoms with Crippen LogP contribution in [-0.2, 0) is 4.79 Å². The van der Waals surface area contributed by atoms with Crippen molar-refractivity contribution in [3.63, 3.8) is 0 Å². The van der Waals surface area contributed by atoms with E-state index in [0.717, 1.165) is 37.1 Å². The smallest absolute Gasteiger partial charge is 0.267 e. The molecular formula is C14H25N3O3. The third-order valence-electron chi connectivity index (χ3n) is 3.14. The molecular weight excluding hydrogens is 258 g/mol. The van der Waals surface area contributed by atoms with E-state index < -0.39 is 0 Å². The zero-order chi connectivity index (χ0) is 14.8. The number of aliphatic hydroxyl groups is 2. The number of hydrogen-bond donors (Lipinski definition) is 5. The van der Waals surface area contributed by atoms with Gasteiger partial charge in [-0.25, -0.2) is 0 Å². The number of rotatable bonds is 8. The first-order valence-electron chi connectivity index (χ1n) is 7.12. The minimum absolute atomic E-state index is 0.0512. The van der Waals surface area contributed by atoms with E-state index in [9.17, 15) is 4.79 Å². The Morgan fingerprint density at radius 2 is 1.90 bits per heavy atom. The van der Waals surface area contributed by atoms with Crippen LogP contribution in [0.15, 0.2) is 23.0 Å². The predicted octanol–water partition coefficient (Wildman–Crippen LogP) is -0.262. The van der Waals surface area contributed by atoms with Gasteiger partial charge in [0.05, 0.1) is 0 Å². The van der Waals surface area contributed by atoms with Gasteiger partial charge in [0.15, 0.2) is 0 Å². The Labute approximate surface area is 119 Å². The number of nitrogens with one attached hydrogen (secondary N) is 2. The predicted molar refractivity (Wildman–Crippen MR) is 77.6 cm³/mol. The van der Waals surface area contributed by atoms with Crippen molar-refractivity contribution in [1.29, 1.82) is 0 Å². The summed E-state index contributed by atoms with van der Waals surface area (Å²) in [7, 11) is 0. The van der Waals surface area contributed by atoms with Crippen LogP contribution in [0.2, 0.25) is 0 Å². The molecule has 0 aromatic rings. The molecule has 1 amide bonds. The average Bonchev–Trinajstić information content (AvgIpc) is 2.47. The topological polar surface area (TPSA) is 108 Å². The summed E-state index contributed by atoms with van der Waals surface area (Å²) in [6, 6.07) is 0. The van der Waals surface area contributed by atoms with Gasteiger partial charge in [0, 0.05) is 32.0 Å². The summed E-state index contributed by atoms with van der Waals surface area (Å²) in [5.41, 5.74) is 8.05. The average molecular weight is 283 g/mol. The fourth-order valence-electron chi connectivity index (χ4n) is 2.03. The molecule has 20 heavy (non-hydrogen) atoms. The summed E-state index contributed by atoms with van der Waals surface area (Å²) in [5.74, 6) is -0.277. The molecule has 114 valence electrons. The minimum Gasteiger partial charge on any atom is -0.396 e. The molecule has 6 heteroatoms. The van der Waals surface area contributed by atoms with Crippen LogP contribution in [-0.4, -0.2) is 42.4 Å². The van der Waals surface area contributed by atoms with Gasteiger partial charge in [0.2, 0.25) is 0 Å². The highest BCUT2D eigenvalue weighted by molar-refractivity contribution is 5.93. The monoisotopic (exact) mass is 283 g/mol. The Morgan fingerprint density at radius 1 is 1.20 bits per heavy atom. The lowest BCUT2D eigenvalue weighted by Gasteiger charge is -2.18. The zero-order valence-corrected chi connectivity index (χ0v) is 11.8. The first kappa shape index (κ1) is 16.5. The molecule has 6 nitrogen and oxygen atoms in total. The maximum Gasteiger partial charge on any atom is 0.267 e. The molecule has 0 unspecified atom stereocenters. The third kappa shape index (κ3) is 5.63. The van der Waals surface area contributed by atoms with E-state index in [4.69, 9.17) is 15.9 Å². The van der Waals surface area contributed by atoms with Gasteiger partial charge in [0.25, 0.3) is 5.91 Å². The van der Waals surface area contributed by atoms with E-state index >= 15 is 0 Å². The van der Waals surface area contributed by atoms with E-state index in [-0.39, 0.29) is 24.8 Å². The van der Waals surface area contributed by atoms with E-state index in [1.54, 1.807) is 0 Å². The van der Waals surface area contributed by atoms with E-state index in [1.165, 1.54) is 0 Å². The molecule has 1 aliphatic rings. The summed E-state index contributed by atoms with van der Waals surface area (Å²) >= 11 is 0. The second kappa shape index (κ2) is 9.39. The minimum atomic E-state index is -0.277. The van der Waals surface area contributed by atoms with E-state index in [1.807, 2.05) is 6.08 Å². The van der Waals surface area contributed by atoms with Gasteiger partial charge in [-0.2, -0.15) is 0 Å². The van der Waals surface area contributed by atoms with Gasteiger partial charge in [-0.1, -0.05) is 0 Å². The zero-order valence-electron chi connectivity index (χ0n) is 11.8. The van der Waals surface area contributed by atoms with Crippen LogP contribution in [0.1, 0.15) is 32.1 Å². The van der Waals surface area contributed by atoms with Gasteiger partial charge >= 0.3 is 0 Å². The summed E-state index contributed by atoms with van der Waals surface area (Å²) in [6.45, 7) is 1.36. The van der Waals surface area contributed by atoms with Gasteiger partial charge in [-0.15, -0.1) is 0 Å². The summed E-state index contributed by atoms with van der Waals surface area (Å²) in [4.78, 5) is 11.8. The normalized spacial score (nSPS) is 17.4. The van der Waals surface area contributed by atoms with Crippen LogP contribution in [0.4, 0.5) is 0 Å². The van der Waals surface area contributed by atoms with Crippen molar-refractivity contribution in [3.05, 3.63) is 23.0 Å². The lowest BCUT2D eigenvalue weighted by Crippen LogP contribution is -2.31. The second-order valence-corrected chi connectivity index (χ2v) is 4.80. The lowest BCUT2D eigenvalue weighted by molar-refractivity contribution is -0.117. The molecule has 0 saturated heterocycles. The fourth-order valence-corrected chi connectivity index (χ4v) is 2.03. The highest BCUT2D eigenvalue weighted by Crippen LogP contribution is 2.22. The van der Waals surface area contributed by atoms with Gasteiger partial charge < -0.3 is 26.6 Å². The largest absolute Gasteiger partial charge is 0.396 e. The molecule has 0 bridgehead atoms. The molecule has 0 radical (unpaired) electrons. The molecule has 0 saturated carbocycles. The molecule has 0 aromatic heterocycles. The molecule has 0 spiro atoms. The first-order chi connectivity index (χ1) is 9.69. The van der Waals surface area contributed by atoms with Crippen LogP contribution in [0.25, 0.3) is 0 Å². The number of nitrogens with two attached hydrogens (primary N) is 1. The van der Waals surface area contributed by atoms with Crippen molar-refractivity contribution in [3.8, 4) is 0 Å². The Hall–Kier alpha value is -1.53. The number of amides is 1. The summed E-state index contributed by atoms with van der Waals surface area (Å²) in [5, 5.41) is 23.4. The Morgan fingerprint density at radius 3 is 2.60 bits per heavy atom. The number of carbonyl (C=O) groups is 1. The van der Waals surface area contributed by atoms with Gasteiger partial charge in [-0.3, -0.25) is 4.79 Å². The van der Waals surface area contributed by atoms with Crippen molar-refractivity contribution in [1.82, 2.24) is 10.6 Å². The highest BCUT2D eigenvalue weighted by atomic mass is 16.3. The first-order valence-corrected chi connectivity index (χ1v) is 7.12. The number of allylic oxidation sites excluding steroid dienone is 3. The van der Waals surface area contributed by atoms with Crippen molar-refractivity contribution in [2.45, 2.75) is 32.1 Å². The maximum atomic E-state index is 11.8. The lowest BCUT2D eigenvalue weighted by atomic mass is 9.97. The highest BCUT2D eigenvalue weighted by Gasteiger charge is 2.14. The van der Waals surface area contributed by atoms with Gasteiger partial charge in [-0.05, 0) is 43.8 Å². The number of aliphatic hydroxyl groups excluding tert-OH is 2. The molecule has 6 N–H and O–H groups in total. The number of carbonyl (C=O) groups excluding carboxylic acids is 1. The quantitative estimate of drug-likeness (QED) is 0.311. The second-order valence-electron chi connectivity index (χ2n) is 4.80. The van der Waals surface area contributed by atoms with Crippen LogP contribution in [0.3, 0.4) is 0 Å². The van der Waals surface area contributed by atoms with Crippen molar-refractivity contribution in [2.75, 3.05) is 26.3 Å². The fraction of sp³-hybridized carbons (Fsp3) is 0.643. The van der Waals surface area contributed by atoms with Crippen LogP contribution < -0.4 is 16.4 Å². The van der Waals surface area contributed by atoms with Crippen molar-refractivity contribution < 1.29 is 15.0 Å². The SMILES string of the molecule is N/C(C(=O)NCCCO)=C1/C=C(NCCCO)CCC1. The molecule has 1 aliphatic carbocycles. The molecule has 1 rings (SSSR count). The van der Waals surface area contributed by atoms with Crippen LogP contribution in [0, 0.1) is 0 Å². The Kier molecular flexibility index (Phi) is 7.75. The van der Waals surface area contributed by atoms with E-state index in [2.05, 4.69) is 10.6 Å². The summed E-state index contributed by atoms with van der Waals surface area (Å²) < 4.78 is 0. The van der Waals surface area contributed by atoms with Crippen molar-refractivity contribution >= 4 is 5.91 Å². The van der Waals surface area contributed by atoms with Crippen LogP contribution >= 0.6 is 0 Å². The maximum absolute atomic E-state index is 11.8. The molecule has 0 fully saturated rings. The van der Waals surface area contributed by atoms with Crippen LogP contribution in [0.5, 0.6) is 0 Å². The summed E-state index contributed by atoms with van der Waals surface area (Å²) in [6.07, 6.45) is 5.85. The van der Waals surface area contributed by atoms with Gasteiger partial charge in [0.1, 0.15) is 5.70 Å². The van der Waals surface area contributed by atoms with E-state index in [0.29, 0.717) is 19.4 Å². The molecule has 0 atom stereocenters. The number of hydrogen-bond acceptors (Lipinski definition) is 5. The molecule has 0 aromatic carbocycles. The third-order valence-corrected chi connectivity index (χ3v) is 3.14. The van der Waals surface area contributed by atoms with Crippen molar-refractivity contribution in [2.24, 2.45) is 5.73 Å². The Balaban J connectivity index is 2.59. The standard InChI is InChI=1S/C14H25N3O3/c15-13(14(20)17-7-3-9-19)11-4-1-5-12(10-11)16-6-2-8-18/h10,16,18-19H,1-9,15H2,(H,17,20)/b13-11+. The molecule has 0 heterocycles. The Bertz CT molecular complexity index is 378.